The van der Waals surface area contributed by atoms with Gasteiger partial charge in [-0.3, -0.25) is 9.11 Å². The van der Waals surface area contributed by atoms with Gasteiger partial charge in [0, 0.05) is 34.3 Å². The zero-order valence-corrected chi connectivity index (χ0v) is 19.2. The first-order valence-corrected chi connectivity index (χ1v) is 13.5. The normalized spacial score (nSPS) is 12.4. The number of hydrogen-bond donors (Lipinski definition) is 2. The van der Waals surface area contributed by atoms with Crippen LogP contribution in [0.2, 0.25) is 0 Å². The number of aromatic nitrogens is 2. The third kappa shape index (κ3) is 4.55. The zero-order valence-electron chi connectivity index (χ0n) is 16.0. The molecule has 0 bridgehead atoms. The summed E-state index contributed by atoms with van der Waals surface area (Å²) in [7, 11) is -9.21. The van der Waals surface area contributed by atoms with Crippen molar-refractivity contribution < 1.29 is 25.9 Å². The van der Waals surface area contributed by atoms with Gasteiger partial charge >= 0.3 is 0 Å². The molecule has 2 N–H and O–H groups in total. The van der Waals surface area contributed by atoms with Crippen LogP contribution in [0, 0.1) is 0 Å². The van der Waals surface area contributed by atoms with Crippen molar-refractivity contribution in [2.75, 3.05) is 0 Å². The van der Waals surface area contributed by atoms with Crippen LogP contribution in [0.1, 0.15) is 11.1 Å². The number of benzene rings is 2. The smallest absolute Gasteiger partial charge is 0.282 e. The molecule has 2 heterocycles. The molecule has 4 aromatic rings. The first-order chi connectivity index (χ1) is 15.2. The molecule has 0 radical (unpaired) electrons. The Bertz CT molecular complexity index is 1510. The largest absolute Gasteiger partial charge is 0.295 e. The molecule has 4 rings (SSSR count). The van der Waals surface area contributed by atoms with E-state index in [1.807, 2.05) is 0 Å². The Morgan fingerprint density at radius 3 is 1.97 bits per heavy atom. The minimum absolute atomic E-state index is 0.114. The van der Waals surface area contributed by atoms with E-state index in [4.69, 9.17) is 0 Å². The molecule has 0 atom stereocenters. The minimum Gasteiger partial charge on any atom is -0.282 e. The molecule has 32 heavy (non-hydrogen) atoms. The van der Waals surface area contributed by atoms with Crippen molar-refractivity contribution in [2.45, 2.75) is 9.79 Å². The monoisotopic (exact) mass is 506 g/mol. The van der Waals surface area contributed by atoms with E-state index in [-0.39, 0.29) is 26.5 Å². The molecular formula is C20H14N2O6S4. The van der Waals surface area contributed by atoms with Crippen LogP contribution >= 0.6 is 22.7 Å². The molecule has 0 amide bonds. The maximum atomic E-state index is 12.5. The van der Waals surface area contributed by atoms with E-state index in [2.05, 4.69) is 9.97 Å². The molecule has 8 nitrogen and oxygen atoms in total. The fourth-order valence-corrected chi connectivity index (χ4v) is 6.15. The first-order valence-electron chi connectivity index (χ1n) is 8.85. The number of hydrogen-bond acceptors (Lipinski definition) is 8. The number of nitrogens with zero attached hydrogens (tertiary/aromatic N) is 2. The summed E-state index contributed by atoms with van der Waals surface area (Å²) in [5.74, 6) is 0. The van der Waals surface area contributed by atoms with Crippen molar-refractivity contribution >= 4 is 55.1 Å². The van der Waals surface area contributed by atoms with Crippen molar-refractivity contribution in [3.8, 4) is 21.1 Å². The molecule has 0 saturated carbocycles. The van der Waals surface area contributed by atoms with Crippen molar-refractivity contribution in [1.29, 1.82) is 0 Å². The lowest BCUT2D eigenvalue weighted by Gasteiger charge is -2.13. The summed E-state index contributed by atoms with van der Waals surface area (Å²) >= 11 is 2.50. The average Bonchev–Trinajstić information content (AvgIpc) is 3.44. The number of rotatable bonds is 6. The lowest BCUT2D eigenvalue weighted by atomic mass is 10.0. The Morgan fingerprint density at radius 2 is 1.38 bits per heavy atom. The molecule has 0 fully saturated rings. The second-order valence-corrected chi connectivity index (χ2v) is 10.9. The Morgan fingerprint density at radius 1 is 0.750 bits per heavy atom. The maximum absolute atomic E-state index is 12.5. The predicted octanol–water partition coefficient (Wildman–Crippen LogP) is 4.60. The third-order valence-electron chi connectivity index (χ3n) is 4.39. The Hall–Kier alpha value is -2.74. The van der Waals surface area contributed by atoms with Gasteiger partial charge in [-0.05, 0) is 17.2 Å². The maximum Gasteiger partial charge on any atom is 0.295 e. The van der Waals surface area contributed by atoms with Gasteiger partial charge in [-0.25, -0.2) is 9.97 Å². The minimum atomic E-state index is -4.72. The highest BCUT2D eigenvalue weighted by Gasteiger charge is 2.26. The van der Waals surface area contributed by atoms with E-state index in [9.17, 15) is 25.9 Å². The summed E-state index contributed by atoms with van der Waals surface area (Å²) in [5.41, 5.74) is 0.944. The van der Waals surface area contributed by atoms with Gasteiger partial charge in [0.05, 0.1) is 0 Å². The molecule has 164 valence electrons. The molecule has 0 aliphatic carbocycles. The highest BCUT2D eigenvalue weighted by molar-refractivity contribution is 7.86. The summed E-state index contributed by atoms with van der Waals surface area (Å²) in [5, 5.41) is 4.34. The predicted molar refractivity (Wildman–Crippen MR) is 124 cm³/mol. The van der Waals surface area contributed by atoms with Gasteiger partial charge in [0.2, 0.25) is 0 Å². The Balaban J connectivity index is 1.98. The molecule has 0 aliphatic rings. The molecule has 0 spiro atoms. The van der Waals surface area contributed by atoms with Crippen molar-refractivity contribution in [3.63, 3.8) is 0 Å². The molecule has 2 aromatic heterocycles. The Kier molecular flexibility index (Phi) is 6.07. The van der Waals surface area contributed by atoms with Crippen molar-refractivity contribution in [3.05, 3.63) is 70.7 Å². The van der Waals surface area contributed by atoms with E-state index >= 15 is 0 Å². The third-order valence-corrected chi connectivity index (χ3v) is 7.87. The van der Waals surface area contributed by atoms with E-state index in [1.165, 1.54) is 65.3 Å². The van der Waals surface area contributed by atoms with Crippen LogP contribution in [-0.4, -0.2) is 35.9 Å². The second-order valence-electron chi connectivity index (χ2n) is 6.40. The van der Waals surface area contributed by atoms with Gasteiger partial charge in [0.1, 0.15) is 19.8 Å². The highest BCUT2D eigenvalue weighted by atomic mass is 32.2. The van der Waals surface area contributed by atoms with E-state index < -0.39 is 20.2 Å². The van der Waals surface area contributed by atoms with Crippen LogP contribution in [0.3, 0.4) is 0 Å². The Labute approximate surface area is 192 Å². The fraction of sp³-hybridized carbons (Fsp3) is 0. The van der Waals surface area contributed by atoms with Gasteiger partial charge in [-0.2, -0.15) is 16.8 Å². The summed E-state index contributed by atoms with van der Waals surface area (Å²) < 4.78 is 67.8. The lowest BCUT2D eigenvalue weighted by molar-refractivity contribution is 0.481. The fourth-order valence-electron chi connectivity index (χ4n) is 3.13. The molecule has 12 heteroatoms. The average molecular weight is 507 g/mol. The first kappa shape index (κ1) is 22.5. The summed E-state index contributed by atoms with van der Waals surface area (Å²) in [4.78, 5) is 7.77. The molecule has 0 aliphatic heterocycles. The van der Waals surface area contributed by atoms with E-state index in [1.54, 1.807) is 29.1 Å². The van der Waals surface area contributed by atoms with Crippen LogP contribution in [0.4, 0.5) is 0 Å². The van der Waals surface area contributed by atoms with Gasteiger partial charge in [-0.15, -0.1) is 22.7 Å². The van der Waals surface area contributed by atoms with Crippen molar-refractivity contribution in [1.82, 2.24) is 9.97 Å². The second kappa shape index (κ2) is 8.65. The van der Waals surface area contributed by atoms with E-state index in [0.717, 1.165) is 0 Å². The quantitative estimate of drug-likeness (QED) is 0.286. The van der Waals surface area contributed by atoms with Crippen LogP contribution in [0.5, 0.6) is 0 Å². The van der Waals surface area contributed by atoms with Crippen LogP contribution in [-0.2, 0) is 20.2 Å². The standard InChI is InChI=1S/C20H14N2O6S4/c23-31(24,25)16-4-2-1-3-13(16)5-6-14-7-8-15(19-21-9-11-29-19)17(18(14)32(26,27)28)20-22-10-12-30-20/h1-12H,(H,23,24,25)(H,26,27,28). The van der Waals surface area contributed by atoms with Crippen LogP contribution < -0.4 is 0 Å². The summed E-state index contributed by atoms with van der Waals surface area (Å²) in [6.07, 6.45) is 5.81. The zero-order chi connectivity index (χ0) is 22.9. The van der Waals surface area contributed by atoms with E-state index in [0.29, 0.717) is 15.6 Å². The van der Waals surface area contributed by atoms with Crippen LogP contribution in [0.25, 0.3) is 33.3 Å². The SMILES string of the molecule is O=S(=O)(O)c1ccccc1C=Cc1ccc(-c2nccs2)c(-c2nccs2)c1S(=O)(=O)O. The summed E-state index contributed by atoms with van der Waals surface area (Å²) in [6.45, 7) is 0. The molecule has 0 unspecified atom stereocenters. The molecule has 2 aromatic carbocycles. The van der Waals surface area contributed by atoms with Crippen molar-refractivity contribution in [2.24, 2.45) is 0 Å². The molecule has 0 saturated heterocycles. The summed E-state index contributed by atoms with van der Waals surface area (Å²) in [6, 6.07) is 8.86. The van der Waals surface area contributed by atoms with Crippen LogP contribution in [0.15, 0.2) is 69.3 Å². The van der Waals surface area contributed by atoms with Gasteiger partial charge < -0.3 is 0 Å². The molecular weight excluding hydrogens is 492 g/mol. The van der Waals surface area contributed by atoms with Gasteiger partial charge in [0.25, 0.3) is 20.2 Å². The number of thiazole rings is 2. The topological polar surface area (TPSA) is 135 Å². The van der Waals surface area contributed by atoms with Gasteiger partial charge in [0.15, 0.2) is 0 Å². The van der Waals surface area contributed by atoms with Gasteiger partial charge in [-0.1, -0.05) is 42.5 Å². The lowest BCUT2D eigenvalue weighted by Crippen LogP contribution is -2.05. The highest BCUT2D eigenvalue weighted by Crippen LogP contribution is 2.41.